The highest BCUT2D eigenvalue weighted by molar-refractivity contribution is 7.99. The van der Waals surface area contributed by atoms with Crippen LogP contribution < -0.4 is 5.32 Å². The lowest BCUT2D eigenvalue weighted by atomic mass is 9.95. The second kappa shape index (κ2) is 10.5. The lowest BCUT2D eigenvalue weighted by molar-refractivity contribution is -0.115. The summed E-state index contributed by atoms with van der Waals surface area (Å²) in [5.41, 5.74) is 2.46. The summed E-state index contributed by atoms with van der Waals surface area (Å²) in [4.78, 5) is 13.8. The van der Waals surface area contributed by atoms with Crippen molar-refractivity contribution in [1.29, 1.82) is 0 Å². The van der Waals surface area contributed by atoms with E-state index in [4.69, 9.17) is 39.2 Å². The topological polar surface area (TPSA) is 68.0 Å². The zero-order chi connectivity index (χ0) is 25.3. The Labute approximate surface area is 228 Å². The highest BCUT2D eigenvalue weighted by Crippen LogP contribution is 2.57. The Balaban J connectivity index is 1.32. The molecule has 1 aliphatic rings. The van der Waals surface area contributed by atoms with Gasteiger partial charge in [0, 0.05) is 36.8 Å². The third-order valence-electron chi connectivity index (χ3n) is 6.08. The molecule has 9 heteroatoms. The average Bonchev–Trinajstić information content (AvgIpc) is 3.47. The zero-order valence-electron chi connectivity index (χ0n) is 19.4. The molecule has 0 radical (unpaired) electrons. The third kappa shape index (κ3) is 5.28. The van der Waals surface area contributed by atoms with Gasteiger partial charge < -0.3 is 9.73 Å². The number of benzene rings is 3. The largest absolute Gasteiger partial charge is 0.420 e. The molecular formula is C27H22Cl3N3O2S. The van der Waals surface area contributed by atoms with Gasteiger partial charge in [-0.25, -0.2) is 0 Å². The molecular weight excluding hydrogens is 537 g/mol. The Morgan fingerprint density at radius 2 is 1.67 bits per heavy atom. The highest BCUT2D eigenvalue weighted by Gasteiger charge is 2.53. The predicted molar refractivity (Wildman–Crippen MR) is 146 cm³/mol. The summed E-state index contributed by atoms with van der Waals surface area (Å²) in [6, 6.07) is 18.7. The molecule has 0 atom stereocenters. The van der Waals surface area contributed by atoms with E-state index in [0.29, 0.717) is 32.5 Å². The number of carbonyl (C=O) groups excluding carboxylic acids is 1. The summed E-state index contributed by atoms with van der Waals surface area (Å²) in [6.07, 6.45) is 1.83. The number of hydrogen-bond acceptors (Lipinski definition) is 5. The second-order valence-corrected chi connectivity index (χ2v) is 11.2. The van der Waals surface area contributed by atoms with Crippen LogP contribution in [0, 0.1) is 0 Å². The first-order chi connectivity index (χ1) is 17.4. The molecule has 1 saturated carbocycles. The second-order valence-electron chi connectivity index (χ2n) is 8.62. The Morgan fingerprint density at radius 1 is 1.00 bits per heavy atom. The Bertz CT molecular complexity index is 1380. The van der Waals surface area contributed by atoms with E-state index in [1.165, 1.54) is 4.90 Å². The van der Waals surface area contributed by atoms with E-state index in [1.54, 1.807) is 36.0 Å². The Kier molecular flexibility index (Phi) is 7.31. The number of halogens is 3. The zero-order valence-corrected chi connectivity index (χ0v) is 22.4. The minimum absolute atomic E-state index is 0.142. The number of nitrogens with one attached hydrogen (secondary N) is 1. The van der Waals surface area contributed by atoms with Crippen molar-refractivity contribution in [2.24, 2.45) is 0 Å². The normalized spacial score (nSPS) is 14.0. The molecule has 0 spiro atoms. The molecule has 36 heavy (non-hydrogen) atoms. The number of hydrogen-bond donors (Lipinski definition) is 1. The van der Waals surface area contributed by atoms with Crippen LogP contribution in [0.5, 0.6) is 0 Å². The van der Waals surface area contributed by atoms with Gasteiger partial charge in [0.15, 0.2) is 0 Å². The van der Waals surface area contributed by atoms with Crippen molar-refractivity contribution in [2.45, 2.75) is 36.5 Å². The number of aromatic nitrogens is 2. The summed E-state index contributed by atoms with van der Waals surface area (Å²) in [5, 5.41) is 13.0. The van der Waals surface area contributed by atoms with Gasteiger partial charge in [0.1, 0.15) is 0 Å². The van der Waals surface area contributed by atoms with Crippen molar-refractivity contribution in [1.82, 2.24) is 10.2 Å². The molecule has 1 heterocycles. The van der Waals surface area contributed by atoms with Gasteiger partial charge in [0.2, 0.25) is 17.7 Å². The third-order valence-corrected chi connectivity index (χ3v) is 7.82. The number of carbonyl (C=O) groups is 1. The van der Waals surface area contributed by atoms with Crippen LogP contribution in [0.1, 0.15) is 36.8 Å². The monoisotopic (exact) mass is 557 g/mol. The molecule has 3 aromatic carbocycles. The number of nitrogens with zero attached hydrogens (tertiary/aromatic N) is 2. The SMILES string of the molecule is CCSc1ccc(CC(=O)Nc2cc(Cl)c(C3(c4nnc(-c5ccc(Cl)cc5)o4)CC3)c(Cl)c2)cc1. The molecule has 0 aliphatic heterocycles. The van der Waals surface area contributed by atoms with E-state index in [9.17, 15) is 4.79 Å². The van der Waals surface area contributed by atoms with Crippen LogP contribution in [0.4, 0.5) is 5.69 Å². The van der Waals surface area contributed by atoms with Crippen molar-refractivity contribution in [2.75, 3.05) is 11.1 Å². The molecule has 5 rings (SSSR count). The van der Waals surface area contributed by atoms with Crippen molar-refractivity contribution >= 4 is 58.2 Å². The molecule has 5 nitrogen and oxygen atoms in total. The molecule has 0 bridgehead atoms. The minimum Gasteiger partial charge on any atom is -0.420 e. The average molecular weight is 559 g/mol. The van der Waals surface area contributed by atoms with E-state index < -0.39 is 5.41 Å². The van der Waals surface area contributed by atoms with Crippen LogP contribution >= 0.6 is 46.6 Å². The smallest absolute Gasteiger partial charge is 0.247 e. The van der Waals surface area contributed by atoms with Gasteiger partial charge in [0.05, 0.1) is 11.8 Å². The molecule has 1 N–H and O–H groups in total. The van der Waals surface area contributed by atoms with Crippen molar-refractivity contribution in [3.05, 3.63) is 92.7 Å². The van der Waals surface area contributed by atoms with Gasteiger partial charge in [-0.3, -0.25) is 4.79 Å². The van der Waals surface area contributed by atoms with Gasteiger partial charge >= 0.3 is 0 Å². The van der Waals surface area contributed by atoms with Crippen molar-refractivity contribution < 1.29 is 9.21 Å². The Morgan fingerprint density at radius 3 is 2.28 bits per heavy atom. The van der Waals surface area contributed by atoms with E-state index >= 15 is 0 Å². The van der Waals surface area contributed by atoms with Crippen molar-refractivity contribution in [3.8, 4) is 11.5 Å². The molecule has 1 amide bonds. The molecule has 1 fully saturated rings. The lowest BCUT2D eigenvalue weighted by Crippen LogP contribution is -2.16. The van der Waals surface area contributed by atoms with Gasteiger partial charge in [-0.05, 0) is 72.7 Å². The van der Waals surface area contributed by atoms with Crippen LogP contribution in [-0.4, -0.2) is 21.9 Å². The van der Waals surface area contributed by atoms with Crippen LogP contribution in [-0.2, 0) is 16.6 Å². The van der Waals surface area contributed by atoms with E-state index in [-0.39, 0.29) is 12.3 Å². The van der Waals surface area contributed by atoms with Gasteiger partial charge in [-0.15, -0.1) is 22.0 Å². The number of rotatable bonds is 8. The summed E-state index contributed by atoms with van der Waals surface area (Å²) < 4.78 is 6.03. The van der Waals surface area contributed by atoms with Crippen LogP contribution in [0.3, 0.4) is 0 Å². The fraction of sp³-hybridized carbons (Fsp3) is 0.222. The van der Waals surface area contributed by atoms with Gasteiger partial charge in [0.25, 0.3) is 0 Å². The lowest BCUT2D eigenvalue weighted by Gasteiger charge is -2.17. The van der Waals surface area contributed by atoms with E-state index in [2.05, 4.69) is 22.4 Å². The first-order valence-corrected chi connectivity index (χ1v) is 13.6. The molecule has 1 aromatic heterocycles. The first kappa shape index (κ1) is 25.2. The quantitative estimate of drug-likeness (QED) is 0.221. The van der Waals surface area contributed by atoms with E-state index in [0.717, 1.165) is 35.3 Å². The summed E-state index contributed by atoms with van der Waals surface area (Å²) >= 11 is 21.1. The van der Waals surface area contributed by atoms with E-state index in [1.807, 2.05) is 36.4 Å². The predicted octanol–water partition coefficient (Wildman–Crippen LogP) is 8.07. The molecule has 4 aromatic rings. The Hall–Kier alpha value is -2.51. The number of amides is 1. The van der Waals surface area contributed by atoms with Crippen LogP contribution in [0.25, 0.3) is 11.5 Å². The summed E-state index contributed by atoms with van der Waals surface area (Å²) in [7, 11) is 0. The molecule has 0 saturated heterocycles. The molecule has 184 valence electrons. The summed E-state index contributed by atoms with van der Waals surface area (Å²) in [5.74, 6) is 1.74. The maximum Gasteiger partial charge on any atom is 0.247 e. The standard InChI is InChI=1S/C27H22Cl3N3O2S/c1-2-36-20-9-3-16(4-10-20)13-23(34)31-19-14-21(29)24(22(30)15-19)27(11-12-27)26-33-32-25(35-26)17-5-7-18(28)8-6-17/h3-10,14-15H,2,11-13H2,1H3,(H,31,34). The number of anilines is 1. The van der Waals surface area contributed by atoms with Crippen molar-refractivity contribution in [3.63, 3.8) is 0 Å². The van der Waals surface area contributed by atoms with Gasteiger partial charge in [-0.2, -0.15) is 0 Å². The molecule has 0 unspecified atom stereocenters. The molecule has 1 aliphatic carbocycles. The maximum atomic E-state index is 12.6. The van der Waals surface area contributed by atoms with Gasteiger partial charge in [-0.1, -0.05) is 53.9 Å². The minimum atomic E-state index is -0.535. The van der Waals surface area contributed by atoms with Crippen LogP contribution in [0.2, 0.25) is 15.1 Å². The number of thioether (sulfide) groups is 1. The fourth-order valence-corrected chi connectivity index (χ4v) is 5.82. The summed E-state index contributed by atoms with van der Waals surface area (Å²) in [6.45, 7) is 2.11. The maximum absolute atomic E-state index is 12.6. The fourth-order valence-electron chi connectivity index (χ4n) is 4.18. The highest BCUT2D eigenvalue weighted by atomic mass is 35.5. The first-order valence-electron chi connectivity index (χ1n) is 11.5. The van der Waals surface area contributed by atoms with Crippen LogP contribution in [0.15, 0.2) is 70.0 Å².